The summed E-state index contributed by atoms with van der Waals surface area (Å²) >= 11 is 0. The van der Waals surface area contributed by atoms with Crippen molar-refractivity contribution in [3.63, 3.8) is 0 Å². The molecule has 1 amide bonds. The van der Waals surface area contributed by atoms with Gasteiger partial charge in [-0.1, -0.05) is 13.8 Å². The molecule has 0 radical (unpaired) electrons. The van der Waals surface area contributed by atoms with Crippen LogP contribution in [-0.2, 0) is 9.59 Å². The Hall–Kier alpha value is -1.14. The Morgan fingerprint density at radius 1 is 1.24 bits per heavy atom. The van der Waals surface area contributed by atoms with Crippen LogP contribution in [0.5, 0.6) is 0 Å². The van der Waals surface area contributed by atoms with E-state index in [2.05, 4.69) is 5.32 Å². The first-order chi connectivity index (χ1) is 7.54. The van der Waals surface area contributed by atoms with Gasteiger partial charge in [-0.3, -0.25) is 9.59 Å². The fourth-order valence-corrected chi connectivity index (χ4v) is 0.922. The molecule has 4 N–H and O–H groups in total. The third-order valence-electron chi connectivity index (χ3n) is 2.68. The summed E-state index contributed by atoms with van der Waals surface area (Å²) in [5, 5.41) is 29.9. The zero-order valence-corrected chi connectivity index (χ0v) is 10.6. The van der Waals surface area contributed by atoms with Gasteiger partial charge >= 0.3 is 5.97 Å². The quantitative estimate of drug-likeness (QED) is 0.510. The van der Waals surface area contributed by atoms with Crippen molar-refractivity contribution in [1.82, 2.24) is 5.32 Å². The number of aliphatic carboxylic acids is 1. The minimum atomic E-state index is -1.38. The van der Waals surface area contributed by atoms with Crippen LogP contribution >= 0.6 is 0 Å². The minimum Gasteiger partial charge on any atom is -0.481 e. The molecule has 6 heteroatoms. The number of carboxylic acid groups (broad SMARTS) is 1. The molecule has 0 aromatic carbocycles. The molecule has 0 aliphatic rings. The molecule has 1 atom stereocenters. The highest BCUT2D eigenvalue weighted by molar-refractivity contribution is 5.82. The minimum absolute atomic E-state index is 0.0836. The second kappa shape index (κ2) is 5.46. The first kappa shape index (κ1) is 15.9. The van der Waals surface area contributed by atoms with Crippen LogP contribution < -0.4 is 5.32 Å². The number of hydrogen-bond acceptors (Lipinski definition) is 4. The van der Waals surface area contributed by atoms with Gasteiger partial charge in [-0.05, 0) is 13.8 Å². The van der Waals surface area contributed by atoms with E-state index in [-0.39, 0.29) is 13.2 Å². The van der Waals surface area contributed by atoms with Gasteiger partial charge in [-0.2, -0.15) is 0 Å². The highest BCUT2D eigenvalue weighted by Gasteiger charge is 2.34. The van der Waals surface area contributed by atoms with Crippen LogP contribution in [0, 0.1) is 10.8 Å². The first-order valence-electron chi connectivity index (χ1n) is 5.34. The third kappa shape index (κ3) is 4.32. The molecular formula is C11H21NO5. The van der Waals surface area contributed by atoms with Crippen molar-refractivity contribution in [3.05, 3.63) is 0 Å². The van der Waals surface area contributed by atoms with Crippen LogP contribution in [0.1, 0.15) is 27.7 Å². The van der Waals surface area contributed by atoms with Gasteiger partial charge in [0.1, 0.15) is 6.10 Å². The van der Waals surface area contributed by atoms with Gasteiger partial charge in [-0.25, -0.2) is 0 Å². The van der Waals surface area contributed by atoms with E-state index >= 15 is 0 Å². The lowest BCUT2D eigenvalue weighted by atomic mass is 9.86. The number of hydrogen-bond donors (Lipinski definition) is 4. The standard InChI is InChI=1S/C11H21NO5/c1-10(2,9(16)17)5-12-8(15)7(14)11(3,4)6-13/h7,13-14H,5-6H2,1-4H3,(H,12,15)(H,16,17)/t7-/m0/s1. The summed E-state index contributed by atoms with van der Waals surface area (Å²) in [4.78, 5) is 22.4. The largest absolute Gasteiger partial charge is 0.481 e. The molecule has 0 aliphatic carbocycles. The molecule has 6 nitrogen and oxygen atoms in total. The van der Waals surface area contributed by atoms with Crippen LogP contribution in [0.3, 0.4) is 0 Å². The fourth-order valence-electron chi connectivity index (χ4n) is 0.922. The average Bonchev–Trinajstić information content (AvgIpc) is 2.24. The van der Waals surface area contributed by atoms with E-state index in [1.54, 1.807) is 13.8 Å². The van der Waals surface area contributed by atoms with Crippen molar-refractivity contribution in [2.24, 2.45) is 10.8 Å². The van der Waals surface area contributed by atoms with E-state index in [4.69, 9.17) is 10.2 Å². The number of nitrogens with one attached hydrogen (secondary N) is 1. The number of carbonyl (C=O) groups excluding carboxylic acids is 1. The van der Waals surface area contributed by atoms with E-state index in [1.165, 1.54) is 13.8 Å². The van der Waals surface area contributed by atoms with Gasteiger partial charge in [0.25, 0.3) is 0 Å². The molecule has 0 bridgehead atoms. The summed E-state index contributed by atoms with van der Waals surface area (Å²) in [5.41, 5.74) is -2.06. The Morgan fingerprint density at radius 3 is 2.06 bits per heavy atom. The van der Waals surface area contributed by atoms with Crippen LogP contribution in [0.25, 0.3) is 0 Å². The average molecular weight is 247 g/mol. The monoisotopic (exact) mass is 247 g/mol. The Balaban J connectivity index is 4.43. The lowest BCUT2D eigenvalue weighted by molar-refractivity contribution is -0.147. The summed E-state index contributed by atoms with van der Waals surface area (Å²) in [6.45, 7) is 5.60. The predicted octanol–water partition coefficient (Wildman–Crippen LogP) is -0.407. The van der Waals surface area contributed by atoms with Gasteiger partial charge in [0.05, 0.1) is 12.0 Å². The summed E-state index contributed by atoms with van der Waals surface area (Å²) in [7, 11) is 0. The third-order valence-corrected chi connectivity index (χ3v) is 2.68. The fraction of sp³-hybridized carbons (Fsp3) is 0.818. The number of carboxylic acids is 1. The number of aliphatic hydroxyl groups is 2. The van der Waals surface area contributed by atoms with Crippen LogP contribution in [0.2, 0.25) is 0 Å². The zero-order valence-electron chi connectivity index (χ0n) is 10.6. The number of rotatable bonds is 6. The molecule has 0 rings (SSSR count). The molecule has 0 unspecified atom stereocenters. The van der Waals surface area contributed by atoms with Gasteiger partial charge in [0.2, 0.25) is 5.91 Å². The lowest BCUT2D eigenvalue weighted by Crippen LogP contribution is -2.48. The van der Waals surface area contributed by atoms with E-state index in [1.807, 2.05) is 0 Å². The molecule has 0 saturated heterocycles. The van der Waals surface area contributed by atoms with Crippen molar-refractivity contribution in [1.29, 1.82) is 0 Å². The molecule has 0 fully saturated rings. The number of carbonyl (C=O) groups is 2. The SMILES string of the molecule is CC(C)(CNC(=O)[C@H](O)C(C)(C)CO)C(=O)O. The number of amides is 1. The van der Waals surface area contributed by atoms with E-state index in [0.717, 1.165) is 0 Å². The Morgan fingerprint density at radius 2 is 1.71 bits per heavy atom. The van der Waals surface area contributed by atoms with Crippen molar-refractivity contribution >= 4 is 11.9 Å². The predicted molar refractivity (Wildman–Crippen MR) is 61.3 cm³/mol. The molecule has 0 spiro atoms. The van der Waals surface area contributed by atoms with Crippen LogP contribution in [0.15, 0.2) is 0 Å². The van der Waals surface area contributed by atoms with Gasteiger partial charge < -0.3 is 20.6 Å². The summed E-state index contributed by atoms with van der Waals surface area (Å²) in [6.07, 6.45) is -1.38. The summed E-state index contributed by atoms with van der Waals surface area (Å²) in [6, 6.07) is 0. The van der Waals surface area contributed by atoms with Crippen LogP contribution in [0.4, 0.5) is 0 Å². The van der Waals surface area contributed by atoms with Crippen molar-refractivity contribution < 1.29 is 24.9 Å². The maximum atomic E-state index is 11.6. The molecular weight excluding hydrogens is 226 g/mol. The lowest BCUT2D eigenvalue weighted by Gasteiger charge is -2.28. The molecule has 100 valence electrons. The number of aliphatic hydroxyl groups excluding tert-OH is 2. The second-order valence-electron chi connectivity index (χ2n) is 5.46. The van der Waals surface area contributed by atoms with Crippen LogP contribution in [-0.4, -0.2) is 46.5 Å². The molecule has 0 aromatic heterocycles. The maximum Gasteiger partial charge on any atom is 0.310 e. The van der Waals surface area contributed by atoms with E-state index in [0.29, 0.717) is 0 Å². The molecule has 0 heterocycles. The topological polar surface area (TPSA) is 107 Å². The highest BCUT2D eigenvalue weighted by Crippen LogP contribution is 2.20. The molecule has 0 aliphatic heterocycles. The van der Waals surface area contributed by atoms with E-state index in [9.17, 15) is 14.7 Å². The normalized spacial score (nSPS) is 14.2. The van der Waals surface area contributed by atoms with Crippen molar-refractivity contribution in [3.8, 4) is 0 Å². The highest BCUT2D eigenvalue weighted by atomic mass is 16.4. The van der Waals surface area contributed by atoms with Crippen molar-refractivity contribution in [2.45, 2.75) is 33.8 Å². The summed E-state index contributed by atoms with van der Waals surface area (Å²) in [5.74, 6) is -1.72. The second-order valence-corrected chi connectivity index (χ2v) is 5.46. The van der Waals surface area contributed by atoms with Crippen molar-refractivity contribution in [2.75, 3.05) is 13.2 Å². The Kier molecular flexibility index (Phi) is 5.10. The Labute approximate surface area is 101 Å². The molecule has 17 heavy (non-hydrogen) atoms. The maximum absolute atomic E-state index is 11.6. The summed E-state index contributed by atoms with van der Waals surface area (Å²) < 4.78 is 0. The Bertz CT molecular complexity index is 298. The smallest absolute Gasteiger partial charge is 0.310 e. The first-order valence-corrected chi connectivity index (χ1v) is 5.34. The molecule has 0 saturated carbocycles. The molecule has 0 aromatic rings. The zero-order chi connectivity index (χ0) is 13.9. The van der Waals surface area contributed by atoms with Gasteiger partial charge in [-0.15, -0.1) is 0 Å². The van der Waals surface area contributed by atoms with Gasteiger partial charge in [0, 0.05) is 12.0 Å². The van der Waals surface area contributed by atoms with Gasteiger partial charge in [0.15, 0.2) is 0 Å². The van der Waals surface area contributed by atoms with E-state index < -0.39 is 28.8 Å².